The molecule has 0 atom stereocenters. The highest BCUT2D eigenvalue weighted by Gasteiger charge is 2.48. The van der Waals surface area contributed by atoms with Crippen LogP contribution in [0.4, 0.5) is 5.00 Å². The van der Waals surface area contributed by atoms with Gasteiger partial charge < -0.3 is 5.73 Å². The topological polar surface area (TPSA) is 26.0 Å². The van der Waals surface area contributed by atoms with Crippen molar-refractivity contribution >= 4 is 16.3 Å². The standard InChI is InChI=1S/C14H19NS/c15-13-6-12(7-16-13)14-10-2-8-1-9(4-10)5-11(14)3-8/h6-11,14H,1-5,15H2. The first kappa shape index (κ1) is 9.52. The molecule has 86 valence electrons. The molecule has 0 spiro atoms. The summed E-state index contributed by atoms with van der Waals surface area (Å²) in [5.41, 5.74) is 7.46. The molecule has 1 aromatic heterocycles. The zero-order chi connectivity index (χ0) is 10.7. The number of anilines is 1. The van der Waals surface area contributed by atoms with Crippen molar-refractivity contribution in [2.75, 3.05) is 5.73 Å². The first-order chi connectivity index (χ1) is 7.79. The summed E-state index contributed by atoms with van der Waals surface area (Å²) < 4.78 is 0. The zero-order valence-electron chi connectivity index (χ0n) is 9.56. The van der Waals surface area contributed by atoms with Crippen molar-refractivity contribution in [1.82, 2.24) is 0 Å². The van der Waals surface area contributed by atoms with Crippen LogP contribution in [0.3, 0.4) is 0 Å². The monoisotopic (exact) mass is 233 g/mol. The van der Waals surface area contributed by atoms with Crippen LogP contribution in [-0.2, 0) is 0 Å². The molecule has 5 rings (SSSR count). The number of nitrogen functional groups attached to an aromatic ring is 1. The summed E-state index contributed by atoms with van der Waals surface area (Å²) in [6.45, 7) is 0. The number of hydrogen-bond acceptors (Lipinski definition) is 2. The van der Waals surface area contributed by atoms with E-state index in [1.54, 1.807) is 23.3 Å². The van der Waals surface area contributed by atoms with Crippen LogP contribution in [0.25, 0.3) is 0 Å². The summed E-state index contributed by atoms with van der Waals surface area (Å²) in [6, 6.07) is 2.25. The van der Waals surface area contributed by atoms with Crippen LogP contribution in [0, 0.1) is 23.7 Å². The molecule has 0 saturated heterocycles. The highest BCUT2D eigenvalue weighted by Crippen LogP contribution is 2.60. The lowest BCUT2D eigenvalue weighted by Gasteiger charge is -2.54. The Morgan fingerprint density at radius 3 is 2.12 bits per heavy atom. The average molecular weight is 233 g/mol. The van der Waals surface area contributed by atoms with Gasteiger partial charge in [-0.15, -0.1) is 11.3 Å². The van der Waals surface area contributed by atoms with Crippen molar-refractivity contribution in [3.8, 4) is 0 Å². The maximum Gasteiger partial charge on any atom is 0.0859 e. The largest absolute Gasteiger partial charge is 0.391 e. The maximum atomic E-state index is 5.89. The van der Waals surface area contributed by atoms with Gasteiger partial charge in [-0.1, -0.05) is 0 Å². The van der Waals surface area contributed by atoms with Gasteiger partial charge in [0.25, 0.3) is 0 Å². The highest BCUT2D eigenvalue weighted by molar-refractivity contribution is 7.14. The molecule has 0 aromatic carbocycles. The fourth-order valence-electron chi connectivity index (χ4n) is 5.01. The van der Waals surface area contributed by atoms with Gasteiger partial charge in [0.2, 0.25) is 0 Å². The highest BCUT2D eigenvalue weighted by atomic mass is 32.1. The summed E-state index contributed by atoms with van der Waals surface area (Å²) in [5.74, 6) is 5.00. The van der Waals surface area contributed by atoms with E-state index in [4.69, 9.17) is 5.73 Å². The van der Waals surface area contributed by atoms with E-state index >= 15 is 0 Å². The molecule has 0 unspecified atom stereocenters. The van der Waals surface area contributed by atoms with Crippen LogP contribution >= 0.6 is 11.3 Å². The lowest BCUT2D eigenvalue weighted by atomic mass is 9.51. The normalized spacial score (nSPS) is 45.1. The van der Waals surface area contributed by atoms with Crippen molar-refractivity contribution in [1.29, 1.82) is 0 Å². The second kappa shape index (κ2) is 3.25. The third kappa shape index (κ3) is 1.29. The van der Waals surface area contributed by atoms with Crippen LogP contribution < -0.4 is 5.73 Å². The van der Waals surface area contributed by atoms with Crippen molar-refractivity contribution in [2.24, 2.45) is 23.7 Å². The van der Waals surface area contributed by atoms with Crippen molar-refractivity contribution in [3.05, 3.63) is 17.0 Å². The lowest BCUT2D eigenvalue weighted by molar-refractivity contribution is -0.00263. The molecule has 4 aliphatic rings. The van der Waals surface area contributed by atoms with Gasteiger partial charge in [0, 0.05) is 0 Å². The quantitative estimate of drug-likeness (QED) is 0.783. The predicted molar refractivity (Wildman–Crippen MR) is 68.5 cm³/mol. The van der Waals surface area contributed by atoms with E-state index in [1.807, 2.05) is 0 Å². The fourth-order valence-corrected chi connectivity index (χ4v) is 5.71. The van der Waals surface area contributed by atoms with Gasteiger partial charge in [-0.2, -0.15) is 0 Å². The Morgan fingerprint density at radius 2 is 1.62 bits per heavy atom. The van der Waals surface area contributed by atoms with Gasteiger partial charge in [0.1, 0.15) is 0 Å². The molecule has 1 aromatic rings. The minimum atomic E-state index is 0.862. The molecule has 4 aliphatic carbocycles. The van der Waals surface area contributed by atoms with E-state index in [2.05, 4.69) is 11.4 Å². The van der Waals surface area contributed by atoms with Gasteiger partial charge in [0.15, 0.2) is 0 Å². The second-order valence-electron chi connectivity index (χ2n) is 6.24. The van der Waals surface area contributed by atoms with Crippen LogP contribution in [0.15, 0.2) is 11.4 Å². The number of nitrogens with two attached hydrogens (primary N) is 1. The molecule has 0 aliphatic heterocycles. The molecule has 0 amide bonds. The number of thiophene rings is 1. The average Bonchev–Trinajstić information content (AvgIpc) is 2.63. The van der Waals surface area contributed by atoms with E-state index in [9.17, 15) is 0 Å². The number of rotatable bonds is 1. The predicted octanol–water partition coefficient (Wildman–Crippen LogP) is 3.87. The number of hydrogen-bond donors (Lipinski definition) is 1. The van der Waals surface area contributed by atoms with Crippen molar-refractivity contribution < 1.29 is 0 Å². The molecular weight excluding hydrogens is 214 g/mol. The minimum Gasteiger partial charge on any atom is -0.391 e. The smallest absolute Gasteiger partial charge is 0.0859 e. The van der Waals surface area contributed by atoms with Crippen LogP contribution in [-0.4, -0.2) is 0 Å². The summed E-state index contributed by atoms with van der Waals surface area (Å²) in [5, 5.41) is 3.33. The molecule has 4 fully saturated rings. The molecular formula is C14H19NS. The van der Waals surface area contributed by atoms with E-state index in [1.165, 1.54) is 25.7 Å². The Morgan fingerprint density at radius 1 is 1.00 bits per heavy atom. The Balaban J connectivity index is 1.69. The zero-order valence-corrected chi connectivity index (χ0v) is 10.4. The van der Waals surface area contributed by atoms with Gasteiger partial charge in [-0.3, -0.25) is 0 Å². The molecule has 2 N–H and O–H groups in total. The van der Waals surface area contributed by atoms with E-state index < -0.39 is 0 Å². The Kier molecular flexibility index (Phi) is 1.94. The summed E-state index contributed by atoms with van der Waals surface area (Å²) in [6.07, 6.45) is 7.58. The molecule has 1 nitrogen and oxygen atoms in total. The van der Waals surface area contributed by atoms with Crippen LogP contribution in [0.5, 0.6) is 0 Å². The van der Waals surface area contributed by atoms with E-state index in [0.717, 1.165) is 34.6 Å². The molecule has 4 saturated carbocycles. The third-order valence-electron chi connectivity index (χ3n) is 5.25. The van der Waals surface area contributed by atoms with E-state index in [-0.39, 0.29) is 0 Å². The third-order valence-corrected chi connectivity index (χ3v) is 6.03. The second-order valence-corrected chi connectivity index (χ2v) is 7.18. The fraction of sp³-hybridized carbons (Fsp3) is 0.714. The van der Waals surface area contributed by atoms with Gasteiger partial charge >= 0.3 is 0 Å². The van der Waals surface area contributed by atoms with Gasteiger partial charge in [-0.25, -0.2) is 0 Å². The molecule has 2 heteroatoms. The van der Waals surface area contributed by atoms with Gasteiger partial charge in [0.05, 0.1) is 5.00 Å². The first-order valence-electron chi connectivity index (χ1n) is 6.63. The minimum absolute atomic E-state index is 0.862. The van der Waals surface area contributed by atoms with Crippen molar-refractivity contribution in [3.63, 3.8) is 0 Å². The van der Waals surface area contributed by atoms with Crippen molar-refractivity contribution in [2.45, 2.75) is 38.0 Å². The SMILES string of the molecule is Nc1cc(C2C3CC4CC(C3)CC2C4)cs1. The summed E-state index contributed by atoms with van der Waals surface area (Å²) in [4.78, 5) is 0. The first-order valence-corrected chi connectivity index (χ1v) is 7.51. The maximum absolute atomic E-state index is 5.89. The van der Waals surface area contributed by atoms with Gasteiger partial charge in [-0.05, 0) is 78.7 Å². The Bertz CT molecular complexity index is 381. The lowest BCUT2D eigenvalue weighted by Crippen LogP contribution is -2.43. The Labute approximate surface area is 101 Å². The van der Waals surface area contributed by atoms with Crippen LogP contribution in [0.2, 0.25) is 0 Å². The molecule has 1 heterocycles. The summed E-state index contributed by atoms with van der Waals surface area (Å²) in [7, 11) is 0. The molecule has 4 bridgehead atoms. The molecule has 16 heavy (non-hydrogen) atoms. The Hall–Kier alpha value is -0.500. The van der Waals surface area contributed by atoms with E-state index in [0.29, 0.717) is 0 Å². The van der Waals surface area contributed by atoms with Crippen LogP contribution in [0.1, 0.15) is 43.6 Å². The summed E-state index contributed by atoms with van der Waals surface area (Å²) >= 11 is 1.73. The molecule has 0 radical (unpaired) electrons.